The second-order valence-electron chi connectivity index (χ2n) is 30.5. The topological polar surface area (TPSA) is 16.3 Å². The van der Waals surface area contributed by atoms with Crippen molar-refractivity contribution in [1.82, 2.24) is 9.13 Å². The molecule has 0 fully saturated rings. The molecule has 5 heteroatoms. The van der Waals surface area contributed by atoms with Gasteiger partial charge in [0.2, 0.25) is 0 Å². The lowest BCUT2D eigenvalue weighted by molar-refractivity contribution is 0.590. The number of hydrogen-bond acceptors (Lipinski definition) is 2. The summed E-state index contributed by atoms with van der Waals surface area (Å²) in [6.45, 7) is 21.7. The van der Waals surface area contributed by atoms with Crippen molar-refractivity contribution in [2.75, 3.05) is 9.80 Å². The van der Waals surface area contributed by atoms with Gasteiger partial charge in [0.05, 0.1) is 54.0 Å². The van der Waals surface area contributed by atoms with E-state index in [4.69, 9.17) is 0 Å². The van der Waals surface area contributed by atoms with Crippen LogP contribution in [0.4, 0.5) is 34.1 Å². The number of para-hydroxylation sites is 2. The average Bonchev–Trinajstić information content (AvgIpc) is 0.942. The Morgan fingerprint density at radius 2 is 0.576 bits per heavy atom. The average molecular weight is 1290 g/mol. The number of fused-ring (bicyclic) bond motifs is 10. The van der Waals surface area contributed by atoms with Gasteiger partial charge in [-0.15, -0.1) is 0 Å². The van der Waals surface area contributed by atoms with Gasteiger partial charge in [-0.2, -0.15) is 0 Å². The summed E-state index contributed by atoms with van der Waals surface area (Å²) in [7, 11) is 0. The molecule has 15 aromatic rings. The van der Waals surface area contributed by atoms with Gasteiger partial charge in [0, 0.05) is 77.9 Å². The molecular weight excluding hydrogens is 1200 g/mol. The van der Waals surface area contributed by atoms with Gasteiger partial charge >= 0.3 is 0 Å². The zero-order valence-electron chi connectivity index (χ0n) is 72.8. The first-order chi connectivity index (χ1) is 54.0. The molecule has 0 unspecified atom stereocenters. The second kappa shape index (κ2) is 22.9. The molecule has 4 nitrogen and oxygen atoms in total. The third kappa shape index (κ3) is 10.2. The molecule has 99 heavy (non-hydrogen) atoms. The predicted molar refractivity (Wildman–Crippen MR) is 426 cm³/mol. The lowest BCUT2D eigenvalue weighted by Crippen LogP contribution is -2.61. The normalized spacial score (nSPS) is 15.3. The largest absolute Gasteiger partial charge is 0.310 e. The van der Waals surface area contributed by atoms with E-state index in [1.807, 2.05) is 287 Å². The highest BCUT2D eigenvalue weighted by Gasteiger charge is 2.45. The highest BCUT2D eigenvalue weighted by Crippen LogP contribution is 2.54. The van der Waals surface area contributed by atoms with E-state index in [-0.39, 0.29) is 162 Å². The summed E-state index contributed by atoms with van der Waals surface area (Å²) in [6, 6.07) is 60.3. The van der Waals surface area contributed by atoms with E-state index in [2.05, 4.69) is 0 Å². The standard InChI is InChI=1S/C94H83BN4/c1-91(2,3)64-42-50-80-74(54-64)75-55-65(92(4,5)6)43-51-81(75)96(80)68-46-48-78-86(58-68)98(89-70(60-28-17-13-18-29-60)36-25-37-71(89)61-30-19-14-20-31-61)84-40-27-41-85-88(84)95(78)79-49-47-69(97-82-52-44-66(93(7,8)9)56-76(82)77-57-67(94(10,11)12)45-53-83(77)97)59-87(79)99(85)90-72(62-32-21-15-22-33-62)38-26-39-73(90)63-34-23-16-24-35-63/h13-59H,1-12H3/i27D,40D,41D,42D,43D,44D,45D,50D,51D,52D,53D,54D,55D,56D,57D. The molecule has 13 aromatic carbocycles. The van der Waals surface area contributed by atoms with Crippen LogP contribution in [-0.4, -0.2) is 15.8 Å². The van der Waals surface area contributed by atoms with E-state index in [1.54, 1.807) is 9.13 Å². The quantitative estimate of drug-likeness (QED) is 0.141. The highest BCUT2D eigenvalue weighted by atomic mass is 15.2. The molecule has 0 amide bonds. The number of benzene rings is 13. The molecule has 4 heterocycles. The lowest BCUT2D eigenvalue weighted by atomic mass is 9.33. The summed E-state index contributed by atoms with van der Waals surface area (Å²) in [4.78, 5) is 4.08. The summed E-state index contributed by atoms with van der Waals surface area (Å²) in [5.74, 6) is 0. The van der Waals surface area contributed by atoms with Crippen LogP contribution in [0, 0.1) is 0 Å². The Kier molecular flexibility index (Phi) is 10.9. The van der Waals surface area contributed by atoms with Crippen molar-refractivity contribution >= 4 is 101 Å². The third-order valence-corrected chi connectivity index (χ3v) is 19.7. The first kappa shape index (κ1) is 47.1. The Morgan fingerprint density at radius 3 is 0.848 bits per heavy atom. The summed E-state index contributed by atoms with van der Waals surface area (Å²) >= 11 is 0. The maximum absolute atomic E-state index is 11.0. The molecule has 0 saturated carbocycles. The Balaban J connectivity index is 1.09. The molecule has 2 aromatic heterocycles. The van der Waals surface area contributed by atoms with E-state index in [0.717, 1.165) is 44.5 Å². The third-order valence-electron chi connectivity index (χ3n) is 19.7. The fourth-order valence-electron chi connectivity index (χ4n) is 14.6. The SMILES string of the molecule is [2H]c1c([2H])c2c3c(c1[2H])N(c1c(-c4ccccc4)cccc1-c1ccccc1)c1cc(-n4c5c([2H])c([2H])c(C(C)(C)C)c([2H])c5c5c([2H])c(C(C)(C)C)c([2H])c([2H])c54)ccc1B3c1ccc(-n3c4c([2H])c([2H])c(C(C)(C)C)c([2H])c4c4c([2H])c(C(C)(C)C)c([2H])c([2H])c43)cc1N2c1c(-c2ccccc2)cccc1-c1ccccc1. The van der Waals surface area contributed by atoms with E-state index >= 15 is 0 Å². The summed E-state index contributed by atoms with van der Waals surface area (Å²) < 4.78 is 158. The Hall–Kier alpha value is -10.9. The number of anilines is 6. The first-order valence-electron chi connectivity index (χ1n) is 41.7. The van der Waals surface area contributed by atoms with Crippen molar-refractivity contribution < 1.29 is 20.6 Å². The molecule has 0 spiro atoms. The molecule has 17 rings (SSSR count). The molecule has 0 bridgehead atoms. The van der Waals surface area contributed by atoms with Crippen molar-refractivity contribution in [3.05, 3.63) is 307 Å². The van der Waals surface area contributed by atoms with Gasteiger partial charge in [-0.1, -0.05) is 283 Å². The second-order valence-corrected chi connectivity index (χ2v) is 30.5. The molecule has 0 atom stereocenters. The zero-order chi connectivity index (χ0) is 81.1. The maximum atomic E-state index is 11.0. The molecule has 482 valence electrons. The van der Waals surface area contributed by atoms with Crippen LogP contribution in [0.5, 0.6) is 0 Å². The van der Waals surface area contributed by atoms with Crippen LogP contribution in [0.15, 0.2) is 285 Å². The van der Waals surface area contributed by atoms with E-state index < -0.39 is 34.4 Å². The minimum atomic E-state index is -0.961. The summed E-state index contributed by atoms with van der Waals surface area (Å²) in [5, 5.41) is 0.784. The van der Waals surface area contributed by atoms with Gasteiger partial charge < -0.3 is 18.9 Å². The van der Waals surface area contributed by atoms with Gasteiger partial charge in [0.1, 0.15) is 0 Å². The molecule has 0 saturated heterocycles. The minimum absolute atomic E-state index is 0.0678. The molecule has 0 radical (unpaired) electrons. The van der Waals surface area contributed by atoms with Crippen molar-refractivity contribution in [3.8, 4) is 55.9 Å². The van der Waals surface area contributed by atoms with Crippen molar-refractivity contribution in [2.45, 2.75) is 105 Å². The summed E-state index contributed by atoms with van der Waals surface area (Å²) in [5.41, 5.74) is 9.40. The van der Waals surface area contributed by atoms with Gasteiger partial charge in [0.15, 0.2) is 0 Å². The van der Waals surface area contributed by atoms with Crippen LogP contribution in [0.25, 0.3) is 99.5 Å². The molecule has 2 aliphatic heterocycles. The van der Waals surface area contributed by atoms with E-state index in [9.17, 15) is 20.6 Å². The summed E-state index contributed by atoms with van der Waals surface area (Å²) in [6.07, 6.45) is 0. The fourth-order valence-corrected chi connectivity index (χ4v) is 14.6. The number of aromatic nitrogens is 2. The number of rotatable bonds is 8. The van der Waals surface area contributed by atoms with Crippen LogP contribution in [-0.2, 0) is 21.7 Å². The molecular formula is C94H83BN4. The van der Waals surface area contributed by atoms with Crippen LogP contribution in [0.3, 0.4) is 0 Å². The van der Waals surface area contributed by atoms with Crippen molar-refractivity contribution in [1.29, 1.82) is 0 Å². The van der Waals surface area contributed by atoms with Gasteiger partial charge in [-0.05, 0) is 167 Å². The van der Waals surface area contributed by atoms with Gasteiger partial charge in [-0.25, -0.2) is 0 Å². The van der Waals surface area contributed by atoms with Crippen molar-refractivity contribution in [2.24, 2.45) is 0 Å². The molecule has 2 aliphatic rings. The fraction of sp³-hybridized carbons (Fsp3) is 0.170. The highest BCUT2D eigenvalue weighted by molar-refractivity contribution is 7.00. The first-order valence-corrected chi connectivity index (χ1v) is 34.2. The van der Waals surface area contributed by atoms with Crippen LogP contribution >= 0.6 is 0 Å². The van der Waals surface area contributed by atoms with Gasteiger partial charge in [-0.3, -0.25) is 0 Å². The predicted octanol–water partition coefficient (Wildman–Crippen LogP) is 23.8. The smallest absolute Gasteiger partial charge is 0.252 e. The number of hydrogen-bond donors (Lipinski definition) is 0. The zero-order valence-corrected chi connectivity index (χ0v) is 57.8. The minimum Gasteiger partial charge on any atom is -0.310 e. The number of nitrogens with zero attached hydrogens (tertiary/aromatic N) is 4. The lowest BCUT2D eigenvalue weighted by Gasteiger charge is -2.45. The Labute approximate surface area is 605 Å². The van der Waals surface area contributed by atoms with Crippen LogP contribution in [0.2, 0.25) is 0 Å². The molecule has 0 aliphatic carbocycles. The van der Waals surface area contributed by atoms with E-state index in [0.29, 0.717) is 50.5 Å². The van der Waals surface area contributed by atoms with Crippen molar-refractivity contribution in [3.63, 3.8) is 0 Å². The molecule has 0 N–H and O–H groups in total. The van der Waals surface area contributed by atoms with Crippen LogP contribution in [0.1, 0.15) is 126 Å². The van der Waals surface area contributed by atoms with Gasteiger partial charge in [0.25, 0.3) is 6.71 Å². The Bertz CT molecular complexity index is 5960. The van der Waals surface area contributed by atoms with Crippen LogP contribution < -0.4 is 26.2 Å². The monoisotopic (exact) mass is 1290 g/mol. The Morgan fingerprint density at radius 1 is 0.293 bits per heavy atom. The maximum Gasteiger partial charge on any atom is 0.252 e. The van der Waals surface area contributed by atoms with E-state index in [1.165, 1.54) is 0 Å².